The smallest absolute Gasteiger partial charge is 0.159 e. The summed E-state index contributed by atoms with van der Waals surface area (Å²) < 4.78 is 25.6. The summed E-state index contributed by atoms with van der Waals surface area (Å²) >= 11 is 0. The van der Waals surface area contributed by atoms with E-state index in [2.05, 4.69) is 17.2 Å². The van der Waals surface area contributed by atoms with Crippen molar-refractivity contribution < 1.29 is 8.78 Å². The second kappa shape index (κ2) is 6.20. The SMILES string of the molecule is CCCC(=NC)NCc1ccc(F)c(F)c1. The molecular formula is C12H16F2N2. The van der Waals surface area contributed by atoms with Crippen molar-refractivity contribution in [3.05, 3.63) is 35.4 Å². The van der Waals surface area contributed by atoms with Crippen LogP contribution in [0.3, 0.4) is 0 Å². The Balaban J connectivity index is 2.57. The molecule has 1 N–H and O–H groups in total. The Bertz CT molecular complexity index is 375. The molecule has 0 unspecified atom stereocenters. The van der Waals surface area contributed by atoms with Gasteiger partial charge < -0.3 is 5.32 Å². The Morgan fingerprint density at radius 3 is 2.62 bits per heavy atom. The highest BCUT2D eigenvalue weighted by Gasteiger charge is 2.03. The predicted molar refractivity (Wildman–Crippen MR) is 61.5 cm³/mol. The van der Waals surface area contributed by atoms with Gasteiger partial charge in [-0.2, -0.15) is 0 Å². The topological polar surface area (TPSA) is 24.4 Å². The first kappa shape index (κ1) is 12.6. The summed E-state index contributed by atoms with van der Waals surface area (Å²) in [6.07, 6.45) is 1.86. The van der Waals surface area contributed by atoms with Gasteiger partial charge in [0.2, 0.25) is 0 Å². The summed E-state index contributed by atoms with van der Waals surface area (Å²) in [5.41, 5.74) is 0.705. The number of nitrogens with zero attached hydrogens (tertiary/aromatic N) is 1. The van der Waals surface area contributed by atoms with Gasteiger partial charge in [0.1, 0.15) is 0 Å². The van der Waals surface area contributed by atoms with Crippen molar-refractivity contribution in [3.63, 3.8) is 0 Å². The van der Waals surface area contributed by atoms with Gasteiger partial charge in [-0.3, -0.25) is 4.99 Å². The first-order chi connectivity index (χ1) is 7.67. The van der Waals surface area contributed by atoms with E-state index in [0.29, 0.717) is 12.1 Å². The fourth-order valence-corrected chi connectivity index (χ4v) is 1.37. The standard InChI is InChI=1S/C12H16F2N2/c1-3-4-12(15-2)16-8-9-5-6-10(13)11(14)7-9/h5-7H,3-4,8H2,1-2H3,(H,15,16). The van der Waals surface area contributed by atoms with Gasteiger partial charge in [0, 0.05) is 20.0 Å². The highest BCUT2D eigenvalue weighted by molar-refractivity contribution is 5.81. The zero-order valence-corrected chi connectivity index (χ0v) is 9.56. The molecule has 2 nitrogen and oxygen atoms in total. The fraction of sp³-hybridized carbons (Fsp3) is 0.417. The number of amidine groups is 1. The zero-order chi connectivity index (χ0) is 12.0. The third-order valence-corrected chi connectivity index (χ3v) is 2.24. The number of benzene rings is 1. The first-order valence-corrected chi connectivity index (χ1v) is 5.30. The van der Waals surface area contributed by atoms with E-state index in [1.165, 1.54) is 6.07 Å². The van der Waals surface area contributed by atoms with Gasteiger partial charge in [0.25, 0.3) is 0 Å². The second-order valence-corrected chi connectivity index (χ2v) is 3.52. The van der Waals surface area contributed by atoms with Crippen LogP contribution in [0.25, 0.3) is 0 Å². The molecule has 0 saturated heterocycles. The minimum absolute atomic E-state index is 0.462. The van der Waals surface area contributed by atoms with Crippen LogP contribution in [0.2, 0.25) is 0 Å². The van der Waals surface area contributed by atoms with E-state index in [-0.39, 0.29) is 0 Å². The molecule has 0 fully saturated rings. The number of rotatable bonds is 4. The third kappa shape index (κ3) is 3.61. The molecule has 0 saturated carbocycles. The van der Waals surface area contributed by atoms with Gasteiger partial charge >= 0.3 is 0 Å². The molecule has 1 aromatic carbocycles. The lowest BCUT2D eigenvalue weighted by Crippen LogP contribution is -2.22. The molecule has 1 rings (SSSR count). The van der Waals surface area contributed by atoms with Gasteiger partial charge in [0.05, 0.1) is 5.84 Å². The molecule has 1 aromatic rings. The number of hydrogen-bond acceptors (Lipinski definition) is 1. The van der Waals surface area contributed by atoms with E-state index in [1.54, 1.807) is 13.1 Å². The molecule has 0 atom stereocenters. The largest absolute Gasteiger partial charge is 0.370 e. The van der Waals surface area contributed by atoms with E-state index in [9.17, 15) is 8.78 Å². The molecule has 0 spiro atoms. The summed E-state index contributed by atoms with van der Waals surface area (Å²) in [7, 11) is 1.71. The van der Waals surface area contributed by atoms with Crippen LogP contribution in [0.15, 0.2) is 23.2 Å². The van der Waals surface area contributed by atoms with Crippen molar-refractivity contribution in [2.24, 2.45) is 4.99 Å². The molecule has 0 bridgehead atoms. The Morgan fingerprint density at radius 1 is 1.31 bits per heavy atom. The highest BCUT2D eigenvalue weighted by atomic mass is 19.2. The summed E-state index contributed by atoms with van der Waals surface area (Å²) in [6, 6.07) is 3.89. The Labute approximate surface area is 94.4 Å². The van der Waals surface area contributed by atoms with E-state index in [1.807, 2.05) is 0 Å². The quantitative estimate of drug-likeness (QED) is 0.619. The van der Waals surface area contributed by atoms with Crippen molar-refractivity contribution in [3.8, 4) is 0 Å². The fourth-order valence-electron chi connectivity index (χ4n) is 1.37. The van der Waals surface area contributed by atoms with Gasteiger partial charge in [0.15, 0.2) is 11.6 Å². The lowest BCUT2D eigenvalue weighted by atomic mass is 10.2. The average molecular weight is 226 g/mol. The molecule has 0 aliphatic carbocycles. The van der Waals surface area contributed by atoms with Crippen LogP contribution < -0.4 is 5.32 Å². The zero-order valence-electron chi connectivity index (χ0n) is 9.56. The van der Waals surface area contributed by atoms with Crippen molar-refractivity contribution in [1.82, 2.24) is 5.32 Å². The average Bonchev–Trinajstić information content (AvgIpc) is 2.28. The maximum atomic E-state index is 12.9. The molecule has 0 heterocycles. The third-order valence-electron chi connectivity index (χ3n) is 2.24. The van der Waals surface area contributed by atoms with Crippen LogP contribution in [-0.4, -0.2) is 12.9 Å². The monoisotopic (exact) mass is 226 g/mol. The number of halogens is 2. The van der Waals surface area contributed by atoms with Gasteiger partial charge in [-0.15, -0.1) is 0 Å². The van der Waals surface area contributed by atoms with Crippen LogP contribution >= 0.6 is 0 Å². The van der Waals surface area contributed by atoms with E-state index in [0.717, 1.165) is 24.7 Å². The minimum Gasteiger partial charge on any atom is -0.370 e. The summed E-state index contributed by atoms with van der Waals surface area (Å²) in [5, 5.41) is 3.09. The van der Waals surface area contributed by atoms with E-state index < -0.39 is 11.6 Å². The summed E-state index contributed by atoms with van der Waals surface area (Å²) in [6.45, 7) is 2.52. The molecule has 4 heteroatoms. The summed E-state index contributed by atoms with van der Waals surface area (Å²) in [5.74, 6) is -0.751. The second-order valence-electron chi connectivity index (χ2n) is 3.52. The Morgan fingerprint density at radius 2 is 2.06 bits per heavy atom. The Kier molecular flexibility index (Phi) is 4.89. The van der Waals surface area contributed by atoms with Gasteiger partial charge in [-0.25, -0.2) is 8.78 Å². The maximum Gasteiger partial charge on any atom is 0.159 e. The van der Waals surface area contributed by atoms with E-state index >= 15 is 0 Å². The number of hydrogen-bond donors (Lipinski definition) is 1. The Hall–Kier alpha value is -1.45. The van der Waals surface area contributed by atoms with Crippen molar-refractivity contribution in [2.75, 3.05) is 7.05 Å². The molecular weight excluding hydrogens is 210 g/mol. The van der Waals surface area contributed by atoms with Gasteiger partial charge in [-0.1, -0.05) is 13.0 Å². The maximum absolute atomic E-state index is 12.9. The molecule has 16 heavy (non-hydrogen) atoms. The lowest BCUT2D eigenvalue weighted by molar-refractivity contribution is 0.507. The summed E-state index contributed by atoms with van der Waals surface area (Å²) in [4.78, 5) is 4.07. The van der Waals surface area contributed by atoms with E-state index in [4.69, 9.17) is 0 Å². The van der Waals surface area contributed by atoms with Crippen molar-refractivity contribution >= 4 is 5.84 Å². The van der Waals surface area contributed by atoms with Crippen LogP contribution in [-0.2, 0) is 6.54 Å². The van der Waals surface area contributed by atoms with Gasteiger partial charge in [-0.05, 0) is 24.1 Å². The van der Waals surface area contributed by atoms with Crippen LogP contribution in [0, 0.1) is 11.6 Å². The van der Waals surface area contributed by atoms with Crippen LogP contribution in [0.5, 0.6) is 0 Å². The molecule has 88 valence electrons. The van der Waals surface area contributed by atoms with Crippen LogP contribution in [0.4, 0.5) is 8.78 Å². The number of nitrogens with one attached hydrogen (secondary N) is 1. The van der Waals surface area contributed by atoms with Crippen molar-refractivity contribution in [1.29, 1.82) is 0 Å². The van der Waals surface area contributed by atoms with Crippen molar-refractivity contribution in [2.45, 2.75) is 26.3 Å². The molecule has 0 radical (unpaired) electrons. The molecule has 0 aromatic heterocycles. The first-order valence-electron chi connectivity index (χ1n) is 5.30. The highest BCUT2D eigenvalue weighted by Crippen LogP contribution is 2.08. The predicted octanol–water partition coefficient (Wildman–Crippen LogP) is 2.88. The molecule has 0 amide bonds. The normalized spacial score (nSPS) is 11.6. The number of aliphatic imine (C=N–C) groups is 1. The lowest BCUT2D eigenvalue weighted by Gasteiger charge is -2.08. The minimum atomic E-state index is -0.818. The molecule has 0 aliphatic heterocycles. The van der Waals surface area contributed by atoms with Crippen LogP contribution in [0.1, 0.15) is 25.3 Å². The molecule has 0 aliphatic rings.